The standard InChI is InChI=1S/C19H22ClNO/c20-18-11-9-17(10-12-18)19(22,16-7-3-1-4-8-16)15-21-13-5-2-6-14-21/h1,3-4,7-12,22H,2,5-6,13-15H2. The molecule has 0 radical (unpaired) electrons. The van der Waals surface area contributed by atoms with Gasteiger partial charge in [-0.2, -0.15) is 0 Å². The molecule has 22 heavy (non-hydrogen) atoms. The highest BCUT2D eigenvalue weighted by Crippen LogP contribution is 2.32. The van der Waals surface area contributed by atoms with Crippen LogP contribution in [-0.2, 0) is 5.60 Å². The van der Waals surface area contributed by atoms with Crippen LogP contribution < -0.4 is 0 Å². The average Bonchev–Trinajstić information content (AvgIpc) is 2.57. The van der Waals surface area contributed by atoms with Crippen molar-refractivity contribution in [1.29, 1.82) is 0 Å². The number of likely N-dealkylation sites (tertiary alicyclic amines) is 1. The van der Waals surface area contributed by atoms with Crippen LogP contribution in [0.15, 0.2) is 54.6 Å². The van der Waals surface area contributed by atoms with Gasteiger partial charge in [-0.3, -0.25) is 4.90 Å². The molecule has 1 unspecified atom stereocenters. The quantitative estimate of drug-likeness (QED) is 0.919. The zero-order valence-corrected chi connectivity index (χ0v) is 13.5. The van der Waals surface area contributed by atoms with Crippen molar-refractivity contribution >= 4 is 11.6 Å². The van der Waals surface area contributed by atoms with Gasteiger partial charge in [-0.15, -0.1) is 0 Å². The molecule has 2 aromatic rings. The van der Waals surface area contributed by atoms with E-state index in [1.807, 2.05) is 54.6 Å². The van der Waals surface area contributed by atoms with Crippen LogP contribution in [0.3, 0.4) is 0 Å². The van der Waals surface area contributed by atoms with E-state index in [-0.39, 0.29) is 0 Å². The second-order valence-corrected chi connectivity index (χ2v) is 6.51. The monoisotopic (exact) mass is 315 g/mol. The minimum atomic E-state index is -0.997. The number of hydrogen-bond acceptors (Lipinski definition) is 2. The zero-order valence-electron chi connectivity index (χ0n) is 12.7. The third-order valence-corrected chi connectivity index (χ3v) is 4.73. The van der Waals surface area contributed by atoms with Gasteiger partial charge in [0, 0.05) is 11.6 Å². The van der Waals surface area contributed by atoms with Crippen LogP contribution in [0.1, 0.15) is 30.4 Å². The van der Waals surface area contributed by atoms with Crippen molar-refractivity contribution in [3.63, 3.8) is 0 Å². The maximum atomic E-state index is 11.5. The molecule has 2 nitrogen and oxygen atoms in total. The van der Waals surface area contributed by atoms with Crippen molar-refractivity contribution in [1.82, 2.24) is 4.90 Å². The topological polar surface area (TPSA) is 23.5 Å². The van der Waals surface area contributed by atoms with Gasteiger partial charge in [-0.05, 0) is 49.2 Å². The Morgan fingerprint density at radius 1 is 0.864 bits per heavy atom. The van der Waals surface area contributed by atoms with Crippen molar-refractivity contribution in [2.24, 2.45) is 0 Å². The molecular weight excluding hydrogens is 294 g/mol. The van der Waals surface area contributed by atoms with E-state index in [9.17, 15) is 5.11 Å². The first kappa shape index (κ1) is 15.5. The summed E-state index contributed by atoms with van der Waals surface area (Å²) >= 11 is 6.01. The fourth-order valence-corrected chi connectivity index (χ4v) is 3.36. The Morgan fingerprint density at radius 3 is 2.09 bits per heavy atom. The minimum Gasteiger partial charge on any atom is -0.379 e. The van der Waals surface area contributed by atoms with Crippen LogP contribution in [0.5, 0.6) is 0 Å². The van der Waals surface area contributed by atoms with E-state index < -0.39 is 5.60 Å². The Labute approximate surface area is 137 Å². The highest BCUT2D eigenvalue weighted by atomic mass is 35.5. The molecule has 1 N–H and O–H groups in total. The second kappa shape index (κ2) is 6.82. The van der Waals surface area contributed by atoms with Gasteiger partial charge in [0.2, 0.25) is 0 Å². The van der Waals surface area contributed by atoms with Crippen LogP contribution in [-0.4, -0.2) is 29.6 Å². The molecule has 3 rings (SSSR count). The zero-order chi connectivity index (χ0) is 15.4. The fourth-order valence-electron chi connectivity index (χ4n) is 3.23. The number of aliphatic hydroxyl groups is 1. The first-order valence-corrected chi connectivity index (χ1v) is 8.32. The predicted octanol–water partition coefficient (Wildman–Crippen LogP) is 4.06. The molecule has 0 saturated carbocycles. The van der Waals surface area contributed by atoms with Gasteiger partial charge in [0.25, 0.3) is 0 Å². The normalized spacial score (nSPS) is 18.8. The average molecular weight is 316 g/mol. The molecule has 1 fully saturated rings. The summed E-state index contributed by atoms with van der Waals surface area (Å²) in [6.07, 6.45) is 3.72. The first-order valence-electron chi connectivity index (χ1n) is 7.95. The molecule has 2 aromatic carbocycles. The van der Waals surface area contributed by atoms with Crippen molar-refractivity contribution in [2.45, 2.75) is 24.9 Å². The Balaban J connectivity index is 1.95. The molecular formula is C19H22ClNO. The Morgan fingerprint density at radius 2 is 1.45 bits per heavy atom. The maximum Gasteiger partial charge on any atom is 0.127 e. The lowest BCUT2D eigenvalue weighted by molar-refractivity contribution is 0.0293. The van der Waals surface area contributed by atoms with Crippen molar-refractivity contribution in [3.8, 4) is 0 Å². The Kier molecular flexibility index (Phi) is 4.82. The van der Waals surface area contributed by atoms with Crippen LogP contribution in [0.4, 0.5) is 0 Å². The third-order valence-electron chi connectivity index (χ3n) is 4.47. The smallest absolute Gasteiger partial charge is 0.127 e. The molecule has 3 heteroatoms. The lowest BCUT2D eigenvalue weighted by atomic mass is 9.85. The van der Waals surface area contributed by atoms with Gasteiger partial charge in [-0.25, -0.2) is 0 Å². The van der Waals surface area contributed by atoms with Crippen LogP contribution in [0, 0.1) is 0 Å². The molecule has 1 atom stereocenters. The molecule has 0 aromatic heterocycles. The molecule has 1 aliphatic rings. The molecule has 116 valence electrons. The summed E-state index contributed by atoms with van der Waals surface area (Å²) in [6, 6.07) is 17.5. The minimum absolute atomic E-state index is 0.624. The third kappa shape index (κ3) is 3.35. The van der Waals surface area contributed by atoms with Crippen molar-refractivity contribution in [3.05, 3.63) is 70.7 Å². The summed E-state index contributed by atoms with van der Waals surface area (Å²) in [5.74, 6) is 0. The summed E-state index contributed by atoms with van der Waals surface area (Å²) < 4.78 is 0. The number of β-amino-alcohol motifs (C(OH)–C–C–N with tert-alkyl or cyclic N) is 1. The van der Waals surface area contributed by atoms with Gasteiger partial charge < -0.3 is 5.11 Å². The molecule has 1 aliphatic heterocycles. The number of nitrogens with zero attached hydrogens (tertiary/aromatic N) is 1. The highest BCUT2D eigenvalue weighted by Gasteiger charge is 2.34. The number of halogens is 1. The Hall–Kier alpha value is -1.35. The summed E-state index contributed by atoms with van der Waals surface area (Å²) in [5.41, 5.74) is 0.833. The lowest BCUT2D eigenvalue weighted by Gasteiger charge is -2.37. The van der Waals surface area contributed by atoms with E-state index in [2.05, 4.69) is 4.90 Å². The summed E-state index contributed by atoms with van der Waals surface area (Å²) in [5, 5.41) is 12.2. The largest absolute Gasteiger partial charge is 0.379 e. The van der Waals surface area contributed by atoms with E-state index in [4.69, 9.17) is 11.6 Å². The second-order valence-electron chi connectivity index (χ2n) is 6.07. The van der Waals surface area contributed by atoms with E-state index in [0.29, 0.717) is 11.6 Å². The van der Waals surface area contributed by atoms with E-state index >= 15 is 0 Å². The molecule has 0 amide bonds. The van der Waals surface area contributed by atoms with Crippen LogP contribution >= 0.6 is 11.6 Å². The van der Waals surface area contributed by atoms with E-state index in [1.54, 1.807) is 0 Å². The molecule has 1 heterocycles. The molecule has 0 spiro atoms. The number of benzene rings is 2. The van der Waals surface area contributed by atoms with Crippen molar-refractivity contribution in [2.75, 3.05) is 19.6 Å². The summed E-state index contributed by atoms with van der Waals surface area (Å²) in [7, 11) is 0. The SMILES string of the molecule is OC(CN1CCCCC1)(c1ccccc1)c1ccc(Cl)cc1. The molecule has 0 bridgehead atoms. The number of hydrogen-bond donors (Lipinski definition) is 1. The van der Waals surface area contributed by atoms with Gasteiger partial charge >= 0.3 is 0 Å². The van der Waals surface area contributed by atoms with Gasteiger partial charge in [0.05, 0.1) is 0 Å². The fraction of sp³-hybridized carbons (Fsp3) is 0.368. The Bertz CT molecular complexity index is 593. The van der Waals surface area contributed by atoms with Crippen molar-refractivity contribution < 1.29 is 5.11 Å². The van der Waals surface area contributed by atoms with Gasteiger partial charge in [0.15, 0.2) is 0 Å². The highest BCUT2D eigenvalue weighted by molar-refractivity contribution is 6.30. The predicted molar refractivity (Wildman–Crippen MR) is 91.2 cm³/mol. The first-order chi connectivity index (χ1) is 10.7. The van der Waals surface area contributed by atoms with Crippen LogP contribution in [0.2, 0.25) is 5.02 Å². The van der Waals surface area contributed by atoms with Gasteiger partial charge in [-0.1, -0.05) is 60.5 Å². The molecule has 1 saturated heterocycles. The summed E-state index contributed by atoms with van der Waals surface area (Å²) in [4.78, 5) is 2.37. The number of piperidine rings is 1. The maximum absolute atomic E-state index is 11.5. The number of rotatable bonds is 4. The van der Waals surface area contributed by atoms with E-state index in [0.717, 1.165) is 24.2 Å². The van der Waals surface area contributed by atoms with Gasteiger partial charge in [0.1, 0.15) is 5.60 Å². The molecule has 0 aliphatic carbocycles. The summed E-state index contributed by atoms with van der Waals surface area (Å²) in [6.45, 7) is 2.74. The lowest BCUT2D eigenvalue weighted by Crippen LogP contribution is -2.44. The van der Waals surface area contributed by atoms with Crippen LogP contribution in [0.25, 0.3) is 0 Å². The van der Waals surface area contributed by atoms with E-state index in [1.165, 1.54) is 19.3 Å².